The third kappa shape index (κ3) is 6.61. The van der Waals surface area contributed by atoms with Gasteiger partial charge in [0.15, 0.2) is 0 Å². The molecule has 1 aromatic carbocycles. The van der Waals surface area contributed by atoms with Crippen molar-refractivity contribution in [1.82, 2.24) is 0 Å². The van der Waals surface area contributed by atoms with Crippen molar-refractivity contribution in [3.8, 4) is 42.4 Å². The molecule has 0 saturated heterocycles. The summed E-state index contributed by atoms with van der Waals surface area (Å²) in [6.07, 6.45) is 0. The highest BCUT2D eigenvalue weighted by molar-refractivity contribution is 9.11. The van der Waals surface area contributed by atoms with E-state index in [1.54, 1.807) is 22.7 Å². The summed E-state index contributed by atoms with van der Waals surface area (Å²) in [7, 11) is -3.95. The molecule has 0 atom stereocenters. The molecule has 0 saturated carbocycles. The molecule has 5 aromatic rings. The summed E-state index contributed by atoms with van der Waals surface area (Å²) in [6.45, 7) is 28.9. The number of benzene rings is 1. The van der Waals surface area contributed by atoms with Crippen LogP contribution in [0, 0.1) is 22.9 Å². The van der Waals surface area contributed by atoms with Gasteiger partial charge in [0.2, 0.25) is 0 Å². The summed E-state index contributed by atoms with van der Waals surface area (Å²) < 4.78 is 4.88. The second-order valence-corrected chi connectivity index (χ2v) is 31.8. The third-order valence-electron chi connectivity index (χ3n) is 10.7. The number of halogens is 2. The van der Waals surface area contributed by atoms with Gasteiger partial charge in [-0.1, -0.05) is 94.9 Å². The first-order valence-corrected chi connectivity index (χ1v) is 26.6. The Morgan fingerprint density at radius 2 is 0.833 bits per heavy atom. The quantitative estimate of drug-likeness (QED) is 0.108. The van der Waals surface area contributed by atoms with E-state index < -0.39 is 16.1 Å². The zero-order chi connectivity index (χ0) is 35.3. The molecule has 0 N–H and O–H groups in total. The van der Waals surface area contributed by atoms with Crippen molar-refractivity contribution in [1.29, 1.82) is 0 Å². The molecule has 0 fully saturated rings. The van der Waals surface area contributed by atoms with Gasteiger partial charge in [-0.05, 0) is 100 Å². The van der Waals surface area contributed by atoms with Crippen molar-refractivity contribution >= 4 is 114 Å². The maximum atomic E-state index is 4.12. The molecule has 8 heteroatoms. The van der Waals surface area contributed by atoms with Gasteiger partial charge in [-0.2, -0.15) is 0 Å². The third-order valence-corrected chi connectivity index (χ3v) is 29.6. The van der Waals surface area contributed by atoms with Crippen LogP contribution in [0.3, 0.4) is 0 Å². The Labute approximate surface area is 324 Å². The van der Waals surface area contributed by atoms with Gasteiger partial charge in [-0.25, -0.2) is 0 Å². The molecule has 0 nitrogen and oxygen atoms in total. The van der Waals surface area contributed by atoms with E-state index in [1.807, 2.05) is 22.7 Å². The molecule has 48 heavy (non-hydrogen) atoms. The summed E-state index contributed by atoms with van der Waals surface area (Å²) in [5.74, 6) is 7.98. The average molecular weight is 873 g/mol. The van der Waals surface area contributed by atoms with Gasteiger partial charge in [0.05, 0.1) is 30.3 Å². The van der Waals surface area contributed by atoms with Crippen molar-refractivity contribution in [2.24, 2.45) is 0 Å². The van der Waals surface area contributed by atoms with Gasteiger partial charge < -0.3 is 0 Å². The first kappa shape index (κ1) is 38.3. The van der Waals surface area contributed by atoms with Gasteiger partial charge >= 0.3 is 0 Å². The largest absolute Gasteiger partial charge is 0.146 e. The van der Waals surface area contributed by atoms with Gasteiger partial charge in [-0.3, -0.25) is 0 Å². The monoisotopic (exact) mass is 870 g/mol. The van der Waals surface area contributed by atoms with E-state index in [9.17, 15) is 0 Å². The highest BCUT2D eigenvalue weighted by Gasteiger charge is 2.43. The van der Waals surface area contributed by atoms with E-state index in [-0.39, 0.29) is 0 Å². The molecular formula is C40H48Br2S4Si2. The maximum Gasteiger partial charge on any atom is 0.146 e. The fourth-order valence-corrected chi connectivity index (χ4v) is 24.9. The van der Waals surface area contributed by atoms with Gasteiger partial charge in [-0.15, -0.1) is 56.4 Å². The molecule has 0 unspecified atom stereocenters. The van der Waals surface area contributed by atoms with E-state index in [0.29, 0.717) is 33.2 Å². The van der Waals surface area contributed by atoms with Crippen LogP contribution in [0.15, 0.2) is 44.0 Å². The summed E-state index contributed by atoms with van der Waals surface area (Å²) in [5.41, 5.74) is 14.1. The van der Waals surface area contributed by atoms with E-state index in [4.69, 9.17) is 0 Å². The van der Waals surface area contributed by atoms with E-state index >= 15 is 0 Å². The Morgan fingerprint density at radius 1 is 0.521 bits per heavy atom. The Kier molecular flexibility index (Phi) is 11.9. The lowest BCUT2D eigenvalue weighted by Crippen LogP contribution is -2.43. The van der Waals surface area contributed by atoms with Gasteiger partial charge in [0, 0.05) is 29.5 Å². The van der Waals surface area contributed by atoms with Crippen LogP contribution in [0.4, 0.5) is 0 Å². The Bertz CT molecular complexity index is 1820. The Hall–Kier alpha value is -0.946. The fraction of sp³-hybridized carbons (Fsp3) is 0.450. The lowest BCUT2D eigenvalue weighted by molar-refractivity contribution is 0.838. The average Bonchev–Trinajstić information content (AvgIpc) is 3.79. The van der Waals surface area contributed by atoms with Crippen LogP contribution in [0.25, 0.3) is 39.7 Å². The SMILES string of the molecule is CC(C)[Si](C#Cc1c2cc(-c3sccc3Br)sc2c(C#C[Si](C(C)C)(C(C)C)C(C)C)c2cc(-c3sccc3Br)sc12)(C(C)C)C(C)C. The fourth-order valence-electron chi connectivity index (χ4n) is 8.39. The summed E-state index contributed by atoms with van der Waals surface area (Å²) in [5, 5.41) is 6.89. The topological polar surface area (TPSA) is 0 Å². The molecule has 0 spiro atoms. The maximum absolute atomic E-state index is 4.12. The van der Waals surface area contributed by atoms with Crippen molar-refractivity contribution in [3.05, 3.63) is 55.1 Å². The number of fused-ring (bicyclic) bond motifs is 2. The minimum atomic E-state index is -1.97. The van der Waals surface area contributed by atoms with Crippen LogP contribution in [-0.2, 0) is 0 Å². The second kappa shape index (κ2) is 15.0. The number of hydrogen-bond acceptors (Lipinski definition) is 4. The normalized spacial score (nSPS) is 12.8. The second-order valence-electron chi connectivity index (χ2n) is 14.9. The predicted molar refractivity (Wildman–Crippen MR) is 235 cm³/mol. The van der Waals surface area contributed by atoms with Crippen molar-refractivity contribution in [2.45, 2.75) is 116 Å². The molecule has 0 aliphatic rings. The molecule has 5 rings (SSSR count). The van der Waals surface area contributed by atoms with Crippen molar-refractivity contribution < 1.29 is 0 Å². The van der Waals surface area contributed by atoms with E-state index in [1.165, 1.54) is 50.8 Å². The number of hydrogen-bond donors (Lipinski definition) is 0. The smallest absolute Gasteiger partial charge is 0.142 e. The highest BCUT2D eigenvalue weighted by Crippen LogP contribution is 2.50. The van der Waals surface area contributed by atoms with Crippen molar-refractivity contribution in [2.75, 3.05) is 0 Å². The van der Waals surface area contributed by atoms with E-state index in [2.05, 4.69) is 173 Å². The highest BCUT2D eigenvalue weighted by atomic mass is 79.9. The summed E-state index contributed by atoms with van der Waals surface area (Å²) in [4.78, 5) is 5.14. The minimum Gasteiger partial charge on any atom is -0.142 e. The van der Waals surface area contributed by atoms with Crippen LogP contribution in [0.1, 0.15) is 94.2 Å². The summed E-state index contributed by atoms with van der Waals surface area (Å²) >= 11 is 15.1. The van der Waals surface area contributed by atoms with Crippen LogP contribution in [0.5, 0.6) is 0 Å². The first-order chi connectivity index (χ1) is 22.6. The van der Waals surface area contributed by atoms with Gasteiger partial charge in [0.1, 0.15) is 16.1 Å². The van der Waals surface area contributed by atoms with Crippen LogP contribution in [-0.4, -0.2) is 16.1 Å². The molecule has 0 amide bonds. The molecular weight excluding hydrogens is 825 g/mol. The van der Waals surface area contributed by atoms with Gasteiger partial charge in [0.25, 0.3) is 0 Å². The molecule has 254 valence electrons. The molecule has 0 bridgehead atoms. The number of rotatable bonds is 8. The Morgan fingerprint density at radius 3 is 1.08 bits per heavy atom. The predicted octanol–water partition coefficient (Wildman–Crippen LogP) is 16.2. The van der Waals surface area contributed by atoms with E-state index in [0.717, 1.165) is 8.95 Å². The lowest BCUT2D eigenvalue weighted by atomic mass is 10.0. The standard InChI is InChI=1S/C40H48Br2S4Si2/c1-23(2)47(24(3)4,25(5)6)19-15-29-31-21-35(39-33(41)13-17-43-39)46-38(31)30(16-20-48(26(7)8,27(9)10)28(11)12)32-22-36(45-37(29)32)40-34(42)14-18-44-40/h13-14,17-18,21-28H,1-12H3. The first-order valence-electron chi connectivity index (χ1n) is 17.1. The Balaban J connectivity index is 1.97. The molecule has 0 radical (unpaired) electrons. The molecule has 0 aliphatic heterocycles. The van der Waals surface area contributed by atoms with Crippen LogP contribution < -0.4 is 0 Å². The molecule has 0 aliphatic carbocycles. The minimum absolute atomic E-state index is 0.573. The zero-order valence-corrected chi connectivity index (χ0v) is 38.8. The summed E-state index contributed by atoms with van der Waals surface area (Å²) in [6, 6.07) is 9.18. The van der Waals surface area contributed by atoms with Crippen LogP contribution in [0.2, 0.25) is 33.2 Å². The zero-order valence-electron chi connectivity index (χ0n) is 30.3. The van der Waals surface area contributed by atoms with Crippen LogP contribution >= 0.6 is 77.2 Å². The van der Waals surface area contributed by atoms with Crippen molar-refractivity contribution in [3.63, 3.8) is 0 Å². The number of thiophene rings is 4. The molecule has 4 heterocycles. The molecule has 4 aromatic heterocycles. The lowest BCUT2D eigenvalue weighted by Gasteiger charge is -2.38.